The second-order valence-corrected chi connectivity index (χ2v) is 2.95. The average Bonchev–Trinajstić information content (AvgIpc) is 2.79. The minimum atomic E-state index is -0.453. The van der Waals surface area contributed by atoms with Crippen molar-refractivity contribution in [2.45, 2.75) is 6.54 Å². The summed E-state index contributed by atoms with van der Waals surface area (Å²) in [5.74, 6) is 2.07. The lowest BCUT2D eigenvalue weighted by Crippen LogP contribution is -2.01. The summed E-state index contributed by atoms with van der Waals surface area (Å²) in [4.78, 5) is 11.2. The Morgan fingerprint density at radius 3 is 3.13 bits per heavy atom. The van der Waals surface area contributed by atoms with E-state index in [1.165, 1.54) is 7.11 Å². The molecule has 2 heterocycles. The highest BCUT2D eigenvalue weighted by atomic mass is 16.5. The molecule has 0 aromatic carbocycles. The summed E-state index contributed by atoms with van der Waals surface area (Å²) < 4.78 is 7.98. The Balaban J connectivity index is 2.48. The van der Waals surface area contributed by atoms with E-state index in [2.05, 4.69) is 15.8 Å². The fourth-order valence-corrected chi connectivity index (χ4v) is 1.37. The lowest BCUT2D eigenvalue weighted by Gasteiger charge is -1.93. The van der Waals surface area contributed by atoms with Gasteiger partial charge in [-0.3, -0.25) is 0 Å². The number of methoxy groups -OCH3 is 1. The first-order chi connectivity index (χ1) is 7.26. The maximum atomic E-state index is 11.2. The van der Waals surface area contributed by atoms with Gasteiger partial charge in [-0.2, -0.15) is 5.10 Å². The number of hydrogen-bond acceptors (Lipinski definition) is 3. The van der Waals surface area contributed by atoms with Crippen molar-refractivity contribution in [1.29, 1.82) is 0 Å². The zero-order valence-corrected chi connectivity index (χ0v) is 8.17. The first-order valence-corrected chi connectivity index (χ1v) is 4.32. The highest BCUT2D eigenvalue weighted by Gasteiger charge is 2.12. The Morgan fingerprint density at radius 1 is 1.67 bits per heavy atom. The summed E-state index contributed by atoms with van der Waals surface area (Å²) >= 11 is 0. The molecule has 76 valence electrons. The molecule has 0 aliphatic heterocycles. The monoisotopic (exact) mass is 203 g/mol. The number of ether oxygens (including phenoxy) is 1. The summed E-state index contributed by atoms with van der Waals surface area (Å²) in [6.45, 7) is 0.447. The molecule has 0 amide bonds. The van der Waals surface area contributed by atoms with Gasteiger partial charge in [-0.05, 0) is 0 Å². The molecular formula is C10H9N3O2. The van der Waals surface area contributed by atoms with Crippen LogP contribution in [0.3, 0.4) is 0 Å². The molecule has 0 spiro atoms. The number of terminal acetylenes is 1. The van der Waals surface area contributed by atoms with Gasteiger partial charge in [0.25, 0.3) is 0 Å². The van der Waals surface area contributed by atoms with E-state index < -0.39 is 5.97 Å². The minimum absolute atomic E-state index is 0.277. The molecule has 0 atom stereocenters. The number of carbonyl (C=O) groups excluding carboxylic acids is 1. The van der Waals surface area contributed by atoms with Gasteiger partial charge >= 0.3 is 5.97 Å². The summed E-state index contributed by atoms with van der Waals surface area (Å²) in [6, 6.07) is 1.64. The number of imidazole rings is 1. The number of hydrogen-bond donors (Lipinski definition) is 0. The third-order valence-corrected chi connectivity index (χ3v) is 2.05. The molecule has 15 heavy (non-hydrogen) atoms. The molecular weight excluding hydrogens is 194 g/mol. The van der Waals surface area contributed by atoms with Crippen LogP contribution in [0.4, 0.5) is 0 Å². The molecule has 5 nitrogen and oxygen atoms in total. The van der Waals surface area contributed by atoms with E-state index in [9.17, 15) is 4.79 Å². The van der Waals surface area contributed by atoms with Gasteiger partial charge in [0.1, 0.15) is 5.65 Å². The van der Waals surface area contributed by atoms with Gasteiger partial charge in [0, 0.05) is 18.5 Å². The van der Waals surface area contributed by atoms with Crippen LogP contribution >= 0.6 is 0 Å². The zero-order valence-electron chi connectivity index (χ0n) is 8.17. The molecule has 2 rings (SSSR count). The average molecular weight is 203 g/mol. The minimum Gasteiger partial charge on any atom is -0.464 e. The van der Waals surface area contributed by atoms with Crippen LogP contribution in [0.5, 0.6) is 0 Å². The molecule has 0 fully saturated rings. The Kier molecular flexibility index (Phi) is 2.18. The van der Waals surface area contributed by atoms with Crippen LogP contribution in [-0.2, 0) is 11.3 Å². The van der Waals surface area contributed by atoms with Gasteiger partial charge in [0.2, 0.25) is 0 Å². The Labute approximate surface area is 86.3 Å². The first kappa shape index (κ1) is 9.34. The number of aromatic nitrogens is 3. The van der Waals surface area contributed by atoms with E-state index in [4.69, 9.17) is 6.42 Å². The smallest absolute Gasteiger partial charge is 0.358 e. The Bertz CT molecular complexity index is 545. The highest BCUT2D eigenvalue weighted by Crippen LogP contribution is 2.08. The Morgan fingerprint density at radius 2 is 2.47 bits per heavy atom. The maximum absolute atomic E-state index is 11.2. The van der Waals surface area contributed by atoms with Gasteiger partial charge < -0.3 is 9.30 Å². The SMILES string of the molecule is C#CCn1ccn2nc(C(=O)OC)cc12. The van der Waals surface area contributed by atoms with E-state index in [1.54, 1.807) is 16.8 Å². The predicted molar refractivity (Wildman–Crippen MR) is 53.4 cm³/mol. The maximum Gasteiger partial charge on any atom is 0.358 e. The standard InChI is InChI=1S/C10H9N3O2/c1-3-4-12-5-6-13-9(12)7-8(11-13)10(14)15-2/h1,5-7H,4H2,2H3. The predicted octanol–water partition coefficient (Wildman–Crippen LogP) is 0.556. The summed E-state index contributed by atoms with van der Waals surface area (Å²) in [6.07, 6.45) is 8.76. The molecule has 0 N–H and O–H groups in total. The number of nitrogens with zero attached hydrogens (tertiary/aromatic N) is 3. The van der Waals surface area contributed by atoms with Crippen LogP contribution in [0.2, 0.25) is 0 Å². The zero-order chi connectivity index (χ0) is 10.8. The molecule has 0 aliphatic carbocycles. The van der Waals surface area contributed by atoms with Crippen LogP contribution in [0.25, 0.3) is 5.65 Å². The van der Waals surface area contributed by atoms with Gasteiger partial charge in [-0.25, -0.2) is 9.31 Å². The Hall–Kier alpha value is -2.22. The lowest BCUT2D eigenvalue weighted by molar-refractivity contribution is 0.0593. The van der Waals surface area contributed by atoms with Crippen molar-refractivity contribution in [2.75, 3.05) is 7.11 Å². The van der Waals surface area contributed by atoms with Crippen LogP contribution in [-0.4, -0.2) is 27.3 Å². The van der Waals surface area contributed by atoms with Crippen molar-refractivity contribution in [1.82, 2.24) is 14.2 Å². The summed E-state index contributed by atoms with van der Waals surface area (Å²) in [5.41, 5.74) is 1.05. The molecule has 0 saturated heterocycles. The van der Waals surface area contributed by atoms with Gasteiger partial charge in [-0.1, -0.05) is 5.92 Å². The second kappa shape index (κ2) is 3.50. The van der Waals surface area contributed by atoms with Crippen molar-refractivity contribution in [3.05, 3.63) is 24.2 Å². The van der Waals surface area contributed by atoms with Crippen molar-refractivity contribution in [3.8, 4) is 12.3 Å². The van der Waals surface area contributed by atoms with Crippen LogP contribution in [0.15, 0.2) is 18.5 Å². The van der Waals surface area contributed by atoms with Crippen molar-refractivity contribution >= 4 is 11.6 Å². The molecule has 0 bridgehead atoms. The first-order valence-electron chi connectivity index (χ1n) is 4.32. The number of esters is 1. The van der Waals surface area contributed by atoms with Crippen molar-refractivity contribution in [2.24, 2.45) is 0 Å². The third-order valence-electron chi connectivity index (χ3n) is 2.05. The van der Waals surface area contributed by atoms with Crippen molar-refractivity contribution in [3.63, 3.8) is 0 Å². The molecule has 2 aromatic heterocycles. The molecule has 0 unspecified atom stereocenters. The lowest BCUT2D eigenvalue weighted by atomic mass is 10.4. The van der Waals surface area contributed by atoms with E-state index in [0.29, 0.717) is 6.54 Å². The number of rotatable bonds is 2. The molecule has 5 heteroatoms. The van der Waals surface area contributed by atoms with Crippen LogP contribution < -0.4 is 0 Å². The van der Waals surface area contributed by atoms with E-state index in [1.807, 2.05) is 10.8 Å². The summed E-state index contributed by atoms with van der Waals surface area (Å²) in [5, 5.41) is 4.04. The molecule has 2 aromatic rings. The van der Waals surface area contributed by atoms with E-state index in [-0.39, 0.29) is 5.69 Å². The highest BCUT2D eigenvalue weighted by molar-refractivity contribution is 5.88. The van der Waals surface area contributed by atoms with E-state index in [0.717, 1.165) is 5.65 Å². The second-order valence-electron chi connectivity index (χ2n) is 2.95. The summed E-state index contributed by atoms with van der Waals surface area (Å²) in [7, 11) is 1.32. The normalized spacial score (nSPS) is 10.1. The molecule has 0 saturated carbocycles. The molecule has 0 radical (unpaired) electrons. The topological polar surface area (TPSA) is 48.5 Å². The fourth-order valence-electron chi connectivity index (χ4n) is 1.37. The number of carbonyl (C=O) groups is 1. The van der Waals surface area contributed by atoms with Crippen LogP contribution in [0, 0.1) is 12.3 Å². The van der Waals surface area contributed by atoms with Crippen LogP contribution in [0.1, 0.15) is 10.5 Å². The third kappa shape index (κ3) is 1.46. The quantitative estimate of drug-likeness (QED) is 0.529. The van der Waals surface area contributed by atoms with Crippen molar-refractivity contribution < 1.29 is 9.53 Å². The largest absolute Gasteiger partial charge is 0.464 e. The van der Waals surface area contributed by atoms with E-state index >= 15 is 0 Å². The van der Waals surface area contributed by atoms with Gasteiger partial charge in [0.15, 0.2) is 5.69 Å². The molecule has 0 aliphatic rings. The fraction of sp³-hybridized carbons (Fsp3) is 0.200. The number of fused-ring (bicyclic) bond motifs is 1. The van der Waals surface area contributed by atoms with Gasteiger partial charge in [0.05, 0.1) is 13.7 Å². The van der Waals surface area contributed by atoms with Gasteiger partial charge in [-0.15, -0.1) is 6.42 Å².